The lowest BCUT2D eigenvalue weighted by atomic mass is 9.78. The fourth-order valence-electron chi connectivity index (χ4n) is 5.30. The SMILES string of the molecule is O=C(O)[C@H]1CCCCC1c1nc2cc(OCc3nc4ccccc4s3)ccc2n1Cc1ccc(Br)cc1. The molecule has 37 heavy (non-hydrogen) atoms. The first-order valence-electron chi connectivity index (χ1n) is 12.5. The normalized spacial score (nSPS) is 17.9. The molecule has 5 aromatic rings. The number of aromatic nitrogens is 3. The van der Waals surface area contributed by atoms with Crippen LogP contribution in [0.1, 0.15) is 48.0 Å². The second kappa shape index (κ2) is 10.3. The first-order valence-corrected chi connectivity index (χ1v) is 14.1. The second-order valence-corrected chi connectivity index (χ2v) is 11.6. The number of thiazole rings is 1. The summed E-state index contributed by atoms with van der Waals surface area (Å²) in [5, 5.41) is 10.9. The van der Waals surface area contributed by atoms with Crippen LogP contribution in [-0.2, 0) is 17.9 Å². The van der Waals surface area contributed by atoms with Crippen LogP contribution in [0.2, 0.25) is 0 Å². The fraction of sp³-hybridized carbons (Fsp3) is 0.276. The zero-order chi connectivity index (χ0) is 25.4. The molecule has 1 fully saturated rings. The van der Waals surface area contributed by atoms with Gasteiger partial charge in [-0.1, -0.05) is 53.0 Å². The summed E-state index contributed by atoms with van der Waals surface area (Å²) in [6.07, 6.45) is 3.50. The molecule has 0 radical (unpaired) electrons. The van der Waals surface area contributed by atoms with Crippen molar-refractivity contribution >= 4 is 54.5 Å². The summed E-state index contributed by atoms with van der Waals surface area (Å²) < 4.78 is 10.5. The third-order valence-corrected chi connectivity index (χ3v) is 8.66. The Balaban J connectivity index is 1.34. The number of aliphatic carboxylic acids is 1. The summed E-state index contributed by atoms with van der Waals surface area (Å²) >= 11 is 5.15. The molecule has 0 bridgehead atoms. The van der Waals surface area contributed by atoms with E-state index < -0.39 is 11.9 Å². The summed E-state index contributed by atoms with van der Waals surface area (Å²) in [7, 11) is 0. The predicted octanol–water partition coefficient (Wildman–Crippen LogP) is 7.39. The molecule has 0 spiro atoms. The second-order valence-electron chi connectivity index (χ2n) is 9.53. The molecule has 2 aromatic heterocycles. The summed E-state index contributed by atoms with van der Waals surface area (Å²) in [6.45, 7) is 1.02. The average molecular weight is 577 g/mol. The van der Waals surface area contributed by atoms with E-state index in [2.05, 4.69) is 43.7 Å². The van der Waals surface area contributed by atoms with E-state index in [0.29, 0.717) is 19.6 Å². The van der Waals surface area contributed by atoms with Gasteiger partial charge in [-0.3, -0.25) is 4.79 Å². The molecular weight excluding hydrogens is 550 g/mol. The largest absolute Gasteiger partial charge is 0.486 e. The highest BCUT2D eigenvalue weighted by molar-refractivity contribution is 9.10. The Labute approximate surface area is 227 Å². The number of imidazole rings is 1. The van der Waals surface area contributed by atoms with Gasteiger partial charge in [0.25, 0.3) is 0 Å². The van der Waals surface area contributed by atoms with E-state index in [9.17, 15) is 9.90 Å². The molecule has 188 valence electrons. The molecule has 1 aliphatic rings. The number of hydrogen-bond acceptors (Lipinski definition) is 5. The van der Waals surface area contributed by atoms with E-state index in [-0.39, 0.29) is 5.92 Å². The van der Waals surface area contributed by atoms with Crippen molar-refractivity contribution in [2.45, 2.75) is 44.8 Å². The van der Waals surface area contributed by atoms with E-state index in [4.69, 9.17) is 9.72 Å². The Morgan fingerprint density at radius 2 is 1.84 bits per heavy atom. The Hall–Kier alpha value is -3.23. The number of fused-ring (bicyclic) bond motifs is 2. The molecule has 2 heterocycles. The molecule has 1 saturated carbocycles. The van der Waals surface area contributed by atoms with Gasteiger partial charge in [0.1, 0.15) is 23.2 Å². The number of nitrogens with zero attached hydrogens (tertiary/aromatic N) is 3. The molecule has 1 aliphatic carbocycles. The summed E-state index contributed by atoms with van der Waals surface area (Å²) in [5.41, 5.74) is 3.93. The minimum atomic E-state index is -0.730. The zero-order valence-corrected chi connectivity index (χ0v) is 22.5. The highest BCUT2D eigenvalue weighted by Crippen LogP contribution is 2.39. The number of hydrogen-bond donors (Lipinski definition) is 1. The van der Waals surface area contributed by atoms with Crippen LogP contribution in [0, 0.1) is 5.92 Å². The lowest BCUT2D eigenvalue weighted by Crippen LogP contribution is -2.27. The van der Waals surface area contributed by atoms with Crippen LogP contribution in [0.15, 0.2) is 71.2 Å². The minimum absolute atomic E-state index is 0.110. The Morgan fingerprint density at radius 3 is 2.65 bits per heavy atom. The van der Waals surface area contributed by atoms with Gasteiger partial charge in [0.15, 0.2) is 0 Å². The summed E-state index contributed by atoms with van der Waals surface area (Å²) in [5.74, 6) is 0.329. The molecule has 8 heteroatoms. The van der Waals surface area contributed by atoms with Crippen LogP contribution in [0.3, 0.4) is 0 Å². The molecule has 0 aliphatic heterocycles. The van der Waals surface area contributed by atoms with Crippen molar-refractivity contribution in [3.8, 4) is 5.75 Å². The van der Waals surface area contributed by atoms with Crippen molar-refractivity contribution in [3.05, 3.63) is 87.6 Å². The van der Waals surface area contributed by atoms with E-state index in [0.717, 1.165) is 67.1 Å². The highest BCUT2D eigenvalue weighted by atomic mass is 79.9. The van der Waals surface area contributed by atoms with Crippen LogP contribution < -0.4 is 4.74 Å². The van der Waals surface area contributed by atoms with Gasteiger partial charge in [0.2, 0.25) is 0 Å². The van der Waals surface area contributed by atoms with Gasteiger partial charge >= 0.3 is 5.97 Å². The molecule has 1 N–H and O–H groups in total. The number of carboxylic acid groups (broad SMARTS) is 1. The van der Waals surface area contributed by atoms with Gasteiger partial charge < -0.3 is 14.4 Å². The number of ether oxygens (including phenoxy) is 1. The van der Waals surface area contributed by atoms with Gasteiger partial charge in [-0.2, -0.15) is 0 Å². The lowest BCUT2D eigenvalue weighted by Gasteiger charge is -2.28. The first kappa shape index (κ1) is 24.1. The maximum Gasteiger partial charge on any atom is 0.307 e. The third-order valence-electron chi connectivity index (χ3n) is 7.12. The lowest BCUT2D eigenvalue weighted by molar-refractivity contribution is -0.143. The Morgan fingerprint density at radius 1 is 1.03 bits per heavy atom. The third kappa shape index (κ3) is 5.00. The van der Waals surface area contributed by atoms with Crippen molar-refractivity contribution in [3.63, 3.8) is 0 Å². The van der Waals surface area contributed by atoms with Crippen LogP contribution in [0.4, 0.5) is 0 Å². The molecule has 6 rings (SSSR count). The van der Waals surface area contributed by atoms with Crippen molar-refractivity contribution in [1.29, 1.82) is 0 Å². The minimum Gasteiger partial charge on any atom is -0.486 e. The number of benzene rings is 3. The fourth-order valence-corrected chi connectivity index (χ4v) is 6.45. The van der Waals surface area contributed by atoms with Gasteiger partial charge in [-0.05, 0) is 54.8 Å². The molecule has 0 amide bonds. The average Bonchev–Trinajstić information content (AvgIpc) is 3.49. The van der Waals surface area contributed by atoms with Crippen molar-refractivity contribution < 1.29 is 14.6 Å². The summed E-state index contributed by atoms with van der Waals surface area (Å²) in [4.78, 5) is 21.8. The highest BCUT2D eigenvalue weighted by Gasteiger charge is 2.35. The van der Waals surface area contributed by atoms with E-state index >= 15 is 0 Å². The van der Waals surface area contributed by atoms with E-state index in [1.807, 2.05) is 48.5 Å². The van der Waals surface area contributed by atoms with Gasteiger partial charge in [0.05, 0.1) is 27.2 Å². The molecule has 0 saturated heterocycles. The van der Waals surface area contributed by atoms with Gasteiger partial charge in [-0.25, -0.2) is 9.97 Å². The molecular formula is C29H26BrN3O3S. The maximum absolute atomic E-state index is 12.1. The van der Waals surface area contributed by atoms with Crippen molar-refractivity contribution in [2.24, 2.45) is 5.92 Å². The Bertz CT molecular complexity index is 1540. The van der Waals surface area contributed by atoms with Gasteiger partial charge in [-0.15, -0.1) is 11.3 Å². The first-order chi connectivity index (χ1) is 18.0. The van der Waals surface area contributed by atoms with Gasteiger partial charge in [0, 0.05) is 23.0 Å². The monoisotopic (exact) mass is 575 g/mol. The molecule has 2 atom stereocenters. The quantitative estimate of drug-likeness (QED) is 0.219. The van der Waals surface area contributed by atoms with Crippen molar-refractivity contribution in [2.75, 3.05) is 0 Å². The molecule has 3 aromatic carbocycles. The predicted molar refractivity (Wildman–Crippen MR) is 149 cm³/mol. The number of halogens is 1. The van der Waals surface area contributed by atoms with Crippen molar-refractivity contribution in [1.82, 2.24) is 14.5 Å². The Kier molecular flexibility index (Phi) is 6.69. The van der Waals surface area contributed by atoms with E-state index in [1.165, 1.54) is 0 Å². The van der Waals surface area contributed by atoms with Crippen LogP contribution in [-0.4, -0.2) is 25.6 Å². The molecule has 1 unspecified atom stereocenters. The topological polar surface area (TPSA) is 77.2 Å². The smallest absolute Gasteiger partial charge is 0.307 e. The maximum atomic E-state index is 12.1. The standard InChI is InChI=1S/C29H26BrN3O3S/c30-19-11-9-18(10-12-19)16-33-25-14-13-20(36-17-27-31-23-7-3-4-8-26(23)37-27)15-24(25)32-28(33)21-5-1-2-6-22(21)29(34)35/h3-4,7-15,21-22H,1-2,5-6,16-17H2,(H,34,35)/t21?,22-/m0/s1. The van der Waals surface area contributed by atoms with E-state index in [1.54, 1.807) is 11.3 Å². The van der Waals surface area contributed by atoms with Crippen LogP contribution >= 0.6 is 27.3 Å². The number of rotatable bonds is 7. The zero-order valence-electron chi connectivity index (χ0n) is 20.1. The number of carbonyl (C=O) groups is 1. The molecule has 6 nitrogen and oxygen atoms in total. The van der Waals surface area contributed by atoms with Crippen LogP contribution in [0.25, 0.3) is 21.3 Å². The number of para-hydroxylation sites is 1. The summed E-state index contributed by atoms with van der Waals surface area (Å²) in [6, 6.07) is 22.3. The number of carboxylic acids is 1. The van der Waals surface area contributed by atoms with Crippen LogP contribution in [0.5, 0.6) is 5.75 Å².